The molecular formula is C96H74Cl6. The third-order valence-corrected chi connectivity index (χ3v) is 26.4. The predicted molar refractivity (Wildman–Crippen MR) is 422 cm³/mol. The van der Waals surface area contributed by atoms with Crippen LogP contribution in [0.2, 0.25) is 0 Å². The number of hydrogen-bond acceptors (Lipinski definition) is 0. The number of rotatable bonds is 4. The molecule has 18 aliphatic rings. The third-order valence-electron chi connectivity index (χ3n) is 26.4. The molecule has 0 saturated carbocycles. The second-order valence-electron chi connectivity index (χ2n) is 30.6. The summed E-state index contributed by atoms with van der Waals surface area (Å²) >= 11 is 28.8. The van der Waals surface area contributed by atoms with E-state index < -0.39 is 8.59 Å². The normalized spacial score (nSPS) is 23.4. The zero-order chi connectivity index (χ0) is 68.6. The molecule has 0 heterocycles. The highest BCUT2D eigenvalue weighted by molar-refractivity contribution is 6.63. The molecule has 0 spiro atoms. The van der Waals surface area contributed by atoms with E-state index >= 15 is 0 Å². The largest absolute Gasteiger partial charge is 0.180 e. The first-order valence-corrected chi connectivity index (χ1v) is 40.1. The lowest BCUT2D eigenvalue weighted by molar-refractivity contribution is 0.641. The van der Waals surface area contributed by atoms with Crippen molar-refractivity contribution < 1.29 is 0 Å². The lowest BCUT2D eigenvalue weighted by Crippen LogP contribution is -2.40. The molecule has 0 amide bonds. The van der Waals surface area contributed by atoms with Crippen LogP contribution in [-0.4, -0.2) is 8.59 Å². The van der Waals surface area contributed by atoms with Gasteiger partial charge in [-0.3, -0.25) is 0 Å². The maximum atomic E-state index is 4.81. The topological polar surface area (TPSA) is 0 Å². The van der Waals surface area contributed by atoms with E-state index in [1.54, 1.807) is 134 Å². The maximum absolute atomic E-state index is 4.81. The van der Waals surface area contributed by atoms with Crippen LogP contribution in [0.4, 0.5) is 0 Å². The van der Waals surface area contributed by atoms with E-state index in [2.05, 4.69) is 246 Å². The quantitative estimate of drug-likeness (QED) is 0.154. The second kappa shape index (κ2) is 23.4. The zero-order valence-electron chi connectivity index (χ0n) is 57.4. The van der Waals surface area contributed by atoms with Crippen LogP contribution in [0.3, 0.4) is 0 Å². The molecule has 0 fully saturated rings. The molecular weight excluding hydrogens is 1370 g/mol. The predicted octanol–water partition coefficient (Wildman–Crippen LogP) is 26.3. The van der Waals surface area contributed by atoms with Gasteiger partial charge in [0, 0.05) is 71.0 Å². The highest BCUT2D eigenvalue weighted by atomic mass is 35.6. The fourth-order valence-corrected chi connectivity index (χ4v) is 23.6. The fraction of sp³-hybridized carbons (Fsp3) is 0.250. The fourth-order valence-electron chi connectivity index (χ4n) is 23.6. The Morgan fingerprint density at radius 1 is 0.167 bits per heavy atom. The molecule has 18 aliphatic carbocycles. The van der Waals surface area contributed by atoms with Gasteiger partial charge in [0.05, 0.1) is 0 Å². The Hall–Kier alpha value is -7.62. The second-order valence-corrected chi connectivity index (χ2v) is 34.6. The maximum Gasteiger partial charge on any atom is 0.180 e. The monoisotopic (exact) mass is 1440 g/mol. The minimum absolute atomic E-state index is 0.143. The Bertz CT molecular complexity index is 4430. The van der Waals surface area contributed by atoms with Crippen LogP contribution in [0.5, 0.6) is 0 Å². The summed E-state index contributed by atoms with van der Waals surface area (Å²) in [6, 6.07) is 90.2. The molecule has 12 atom stereocenters. The van der Waals surface area contributed by atoms with E-state index in [-0.39, 0.29) is 71.0 Å². The molecule has 0 radical (unpaired) electrons. The Balaban J connectivity index is 0.000000341. The summed E-state index contributed by atoms with van der Waals surface area (Å²) in [5.74, 6) is 1.72. The van der Waals surface area contributed by atoms with Gasteiger partial charge in [0.25, 0.3) is 0 Å². The number of alkyl halides is 6. The smallest absolute Gasteiger partial charge is 0.0874 e. The van der Waals surface area contributed by atoms with E-state index in [1.165, 1.54) is 105 Å². The molecule has 500 valence electrons. The van der Waals surface area contributed by atoms with E-state index in [0.29, 0.717) is 0 Å². The minimum atomic E-state index is -0.750. The van der Waals surface area contributed by atoms with E-state index in [1.807, 2.05) is 0 Å². The van der Waals surface area contributed by atoms with Gasteiger partial charge in [0.2, 0.25) is 0 Å². The average Bonchev–Trinajstić information content (AvgIpc) is 0.654. The van der Waals surface area contributed by atoms with E-state index in [0.717, 1.165) is 0 Å². The molecule has 6 heteroatoms. The zero-order valence-corrected chi connectivity index (χ0v) is 61.9. The SMILES string of the molecule is CCCCC.CCCCC.ClC(Cl)Cl.ClC(Cl)Cl.c1ccc2c(c1)[C@@H]1c3ccc4c5c3[C@H]2c2ccc3c(c21)[C@H]1c2ccccc2[C@@H]3c2c1ccc1c2[C@@H]2c3ccccc3[C@H]1c1c2ccc2c1[C@H]1c3ccccc3[C@@H]2c2c1ccc1c2[C@@H]2c3ccccc3[C@H]1c1c2ccc2c1[C@H]4c1ccccc1[C@@H]25. The van der Waals surface area contributed by atoms with Crippen molar-refractivity contribution in [1.29, 1.82) is 0 Å². The summed E-state index contributed by atoms with van der Waals surface area (Å²) < 4.78 is -1.50. The van der Waals surface area contributed by atoms with Crippen molar-refractivity contribution in [3.63, 3.8) is 0 Å². The van der Waals surface area contributed by atoms with Gasteiger partial charge >= 0.3 is 0 Å². The summed E-state index contributed by atoms with van der Waals surface area (Å²) in [6.07, 6.45) is 8.15. The van der Waals surface area contributed by atoms with Crippen molar-refractivity contribution in [3.05, 3.63) is 419 Å². The Labute approximate surface area is 629 Å². The van der Waals surface area contributed by atoms with Crippen LogP contribution in [0, 0.1) is 0 Å². The van der Waals surface area contributed by atoms with Crippen molar-refractivity contribution in [2.24, 2.45) is 0 Å². The Morgan fingerprint density at radius 2 is 0.255 bits per heavy atom. The lowest BCUT2D eigenvalue weighted by Gasteiger charge is -2.54. The first kappa shape index (κ1) is 62.9. The van der Waals surface area contributed by atoms with Crippen LogP contribution in [0.15, 0.2) is 218 Å². The Kier molecular flexibility index (Phi) is 14.5. The number of unbranched alkanes of at least 4 members (excludes halogenated alkanes) is 4. The summed E-state index contributed by atoms with van der Waals surface area (Å²) in [4.78, 5) is 0. The highest BCUT2D eigenvalue weighted by Gasteiger charge is 2.58. The number of benzene rings is 12. The standard InChI is InChI=1S/C84H48.2C5H12.2CHCl3/c1-2-14-38-37(13-1)61-49-25-26-52-66-42-18-6-5-17-41(42)65-54-31-32-56-70-46-22-10-9-21-45(46)69(80(56)78(54)66)58-35-36-60-71-47-23-11-12-24-48(47)72(84(60)82(58)70)59-34-33-57-67-43-19-7-8-20-44(43)68(81(57)83(59)71)55-30-29-53-63-39-15-3-4-16-40(39)64(77(53)79(55)67)51-28-27-50(73(61)75(51)63)62(38)74(49)76(52)65;2*1-3-5-4-2;2*2-1(3)4/h1-36,61-72H;2*3-5H2,1-2H3;2*1H/t61-,62-,63+,64+,65+,66+,67-,68-,69-,70-,71+,72+;;;;. The molecule has 0 nitrogen and oxygen atoms in total. The van der Waals surface area contributed by atoms with Crippen LogP contribution < -0.4 is 0 Å². The summed E-state index contributed by atoms with van der Waals surface area (Å²) in [5, 5.41) is 0. The number of hydrogen-bond donors (Lipinski definition) is 0. The van der Waals surface area contributed by atoms with Crippen molar-refractivity contribution in [1.82, 2.24) is 0 Å². The van der Waals surface area contributed by atoms with Crippen molar-refractivity contribution in [2.45, 2.75) is 146 Å². The Morgan fingerprint density at radius 3 is 0.324 bits per heavy atom. The molecule has 0 N–H and O–H groups in total. The van der Waals surface area contributed by atoms with Crippen LogP contribution >= 0.6 is 69.6 Å². The lowest BCUT2D eigenvalue weighted by atomic mass is 9.48. The van der Waals surface area contributed by atoms with Gasteiger partial charge in [0.1, 0.15) is 0 Å². The van der Waals surface area contributed by atoms with E-state index in [9.17, 15) is 0 Å². The van der Waals surface area contributed by atoms with Gasteiger partial charge in [-0.15, -0.1) is 0 Å². The number of halogens is 6. The first-order valence-electron chi connectivity index (χ1n) is 37.5. The van der Waals surface area contributed by atoms with Crippen molar-refractivity contribution in [3.8, 4) is 0 Å². The van der Waals surface area contributed by atoms with Crippen LogP contribution in [0.1, 0.15) is 338 Å². The van der Waals surface area contributed by atoms with Crippen LogP contribution in [-0.2, 0) is 0 Å². The summed E-state index contributed by atoms with van der Waals surface area (Å²) in [7, 11) is 0. The van der Waals surface area contributed by atoms with Gasteiger partial charge < -0.3 is 0 Å². The molecule has 12 aromatic carbocycles. The summed E-state index contributed by atoms with van der Waals surface area (Å²) in [6.45, 7) is 8.85. The van der Waals surface area contributed by atoms with Gasteiger partial charge in [-0.1, -0.05) is 354 Å². The molecule has 12 aromatic rings. The van der Waals surface area contributed by atoms with Gasteiger partial charge in [0.15, 0.2) is 8.59 Å². The molecule has 0 aromatic heterocycles. The molecule has 0 unspecified atom stereocenters. The molecule has 102 heavy (non-hydrogen) atoms. The molecule has 12 bridgehead atoms. The van der Waals surface area contributed by atoms with Crippen LogP contribution in [0.25, 0.3) is 0 Å². The molecule has 30 rings (SSSR count). The molecule has 0 saturated heterocycles. The van der Waals surface area contributed by atoms with E-state index in [4.69, 9.17) is 69.6 Å². The summed E-state index contributed by atoms with van der Waals surface area (Å²) in [5.41, 5.74) is 56.1. The highest BCUT2D eigenvalue weighted by Crippen LogP contribution is 2.73. The van der Waals surface area contributed by atoms with Gasteiger partial charge in [-0.2, -0.15) is 0 Å². The average molecular weight is 1440 g/mol. The van der Waals surface area contributed by atoms with Crippen molar-refractivity contribution >= 4 is 69.6 Å². The minimum Gasteiger partial charge on any atom is -0.0874 e. The van der Waals surface area contributed by atoms with Crippen molar-refractivity contribution in [2.75, 3.05) is 0 Å². The van der Waals surface area contributed by atoms with Gasteiger partial charge in [-0.05, 0) is 200 Å². The van der Waals surface area contributed by atoms with Gasteiger partial charge in [-0.25, -0.2) is 0 Å². The molecule has 0 aliphatic heterocycles. The first-order chi connectivity index (χ1) is 50.1. The third kappa shape index (κ3) is 8.11.